The van der Waals surface area contributed by atoms with Crippen molar-refractivity contribution < 1.29 is 27.5 Å². The lowest BCUT2D eigenvalue weighted by molar-refractivity contribution is -0.146. The summed E-state index contributed by atoms with van der Waals surface area (Å²) in [6, 6.07) is 2.59. The first-order valence-corrected chi connectivity index (χ1v) is 10.7. The van der Waals surface area contributed by atoms with Crippen molar-refractivity contribution in [1.29, 1.82) is 0 Å². The lowest BCUT2D eigenvalue weighted by Crippen LogP contribution is -2.59. The molecule has 0 aromatic carbocycles. The molecule has 0 radical (unpaired) electrons. The second-order valence-electron chi connectivity index (χ2n) is 9.23. The Labute approximate surface area is 174 Å². The summed E-state index contributed by atoms with van der Waals surface area (Å²) in [6.07, 6.45) is 3.02. The minimum Gasteiger partial charge on any atom is -0.465 e. The lowest BCUT2D eigenvalue weighted by Gasteiger charge is -2.53. The van der Waals surface area contributed by atoms with Gasteiger partial charge >= 0.3 is 12.1 Å². The Morgan fingerprint density at radius 1 is 1.20 bits per heavy atom. The van der Waals surface area contributed by atoms with Gasteiger partial charge in [-0.25, -0.2) is 0 Å². The molecule has 0 unspecified atom stereocenters. The third kappa shape index (κ3) is 4.78. The quantitative estimate of drug-likeness (QED) is 0.671. The number of alkyl halides is 3. The molecule has 3 heterocycles. The van der Waals surface area contributed by atoms with Crippen molar-refractivity contribution in [1.82, 2.24) is 9.88 Å². The molecule has 3 fully saturated rings. The van der Waals surface area contributed by atoms with Gasteiger partial charge in [0.25, 0.3) is 0 Å². The van der Waals surface area contributed by atoms with Gasteiger partial charge in [0, 0.05) is 42.7 Å². The summed E-state index contributed by atoms with van der Waals surface area (Å²) in [5.41, 5.74) is 0.218. The molecule has 30 heavy (non-hydrogen) atoms. The minimum absolute atomic E-state index is 0.163. The fourth-order valence-corrected chi connectivity index (χ4v) is 4.99. The molecule has 1 aliphatic carbocycles. The first-order chi connectivity index (χ1) is 14.2. The van der Waals surface area contributed by atoms with Crippen molar-refractivity contribution in [2.24, 2.45) is 17.3 Å². The zero-order valence-corrected chi connectivity index (χ0v) is 16.9. The molecule has 1 atom stereocenters. The summed E-state index contributed by atoms with van der Waals surface area (Å²) < 4.78 is 42.9. The molecule has 1 aromatic heterocycles. The van der Waals surface area contributed by atoms with Crippen LogP contribution in [0.4, 0.5) is 13.2 Å². The Balaban J connectivity index is 1.18. The lowest BCUT2D eigenvalue weighted by atomic mass is 9.65. The van der Waals surface area contributed by atoms with E-state index in [0.29, 0.717) is 43.9 Å². The van der Waals surface area contributed by atoms with Crippen LogP contribution in [0.3, 0.4) is 0 Å². The van der Waals surface area contributed by atoms with Gasteiger partial charge in [-0.1, -0.05) is 0 Å². The molecule has 2 aliphatic heterocycles. The molecule has 164 valence electrons. The van der Waals surface area contributed by atoms with Crippen molar-refractivity contribution in [3.63, 3.8) is 0 Å². The van der Waals surface area contributed by atoms with Crippen molar-refractivity contribution in [2.75, 3.05) is 19.7 Å². The Kier molecular flexibility index (Phi) is 5.77. The molecule has 2 saturated heterocycles. The zero-order chi connectivity index (χ0) is 21.4. The molecule has 1 saturated carbocycles. The number of ether oxygens (including phenoxy) is 1. The smallest absolute Gasteiger partial charge is 0.417 e. The van der Waals surface area contributed by atoms with E-state index in [-0.39, 0.29) is 23.2 Å². The van der Waals surface area contributed by atoms with Crippen LogP contribution >= 0.6 is 0 Å². The fraction of sp³-hybridized carbons (Fsp3) is 0.682. The second-order valence-corrected chi connectivity index (χ2v) is 9.23. The number of cyclic esters (lactones) is 1. The van der Waals surface area contributed by atoms with Gasteiger partial charge in [-0.05, 0) is 56.6 Å². The van der Waals surface area contributed by atoms with Crippen LogP contribution in [-0.2, 0) is 26.9 Å². The molecule has 1 spiro atoms. The standard InChI is InChI=1S/C22H27F3N2O3/c23-22(24,25)17-2-3-18(26-11-17)9-15-5-7-21(8-6-15)13-27(14-21)19(28)4-1-16-10-20(29)30-12-16/h2-3,11,15-16H,1,4-10,12-14H2/t16-/m0/s1. The van der Waals surface area contributed by atoms with E-state index in [4.69, 9.17) is 4.74 Å². The van der Waals surface area contributed by atoms with Crippen LogP contribution in [-0.4, -0.2) is 41.5 Å². The number of nitrogens with zero attached hydrogens (tertiary/aromatic N) is 2. The van der Waals surface area contributed by atoms with E-state index in [1.807, 2.05) is 4.90 Å². The number of esters is 1. The third-order valence-electron chi connectivity index (χ3n) is 6.92. The van der Waals surface area contributed by atoms with E-state index < -0.39 is 11.7 Å². The molecule has 1 amide bonds. The average molecular weight is 424 g/mol. The maximum absolute atomic E-state index is 12.7. The van der Waals surface area contributed by atoms with E-state index in [1.54, 1.807) is 0 Å². The summed E-state index contributed by atoms with van der Waals surface area (Å²) in [4.78, 5) is 29.5. The van der Waals surface area contributed by atoms with Crippen LogP contribution in [0.15, 0.2) is 18.3 Å². The molecule has 0 N–H and O–H groups in total. The van der Waals surface area contributed by atoms with Gasteiger partial charge in [-0.15, -0.1) is 0 Å². The molecule has 0 bridgehead atoms. The second kappa shape index (κ2) is 8.19. The van der Waals surface area contributed by atoms with Crippen LogP contribution in [0.1, 0.15) is 56.2 Å². The summed E-state index contributed by atoms with van der Waals surface area (Å²) in [5, 5.41) is 0. The van der Waals surface area contributed by atoms with Crippen LogP contribution in [0.25, 0.3) is 0 Å². The number of rotatable bonds is 5. The number of carbonyl (C=O) groups excluding carboxylic acids is 2. The van der Waals surface area contributed by atoms with Gasteiger partial charge in [0.1, 0.15) is 0 Å². The highest BCUT2D eigenvalue weighted by molar-refractivity contribution is 5.77. The number of amides is 1. The van der Waals surface area contributed by atoms with Crippen LogP contribution in [0.5, 0.6) is 0 Å². The van der Waals surface area contributed by atoms with Crippen molar-refractivity contribution in [2.45, 2.75) is 57.5 Å². The molecular weight excluding hydrogens is 397 g/mol. The first-order valence-electron chi connectivity index (χ1n) is 10.7. The molecule has 3 aliphatic rings. The number of hydrogen-bond donors (Lipinski definition) is 0. The topological polar surface area (TPSA) is 59.5 Å². The van der Waals surface area contributed by atoms with Crippen LogP contribution in [0.2, 0.25) is 0 Å². The van der Waals surface area contributed by atoms with E-state index in [0.717, 1.165) is 51.0 Å². The number of likely N-dealkylation sites (tertiary alicyclic amines) is 1. The first kappa shape index (κ1) is 21.1. The Morgan fingerprint density at radius 3 is 2.50 bits per heavy atom. The Hall–Kier alpha value is -2.12. The number of hydrogen-bond acceptors (Lipinski definition) is 4. The molecule has 5 nitrogen and oxygen atoms in total. The Morgan fingerprint density at radius 2 is 1.93 bits per heavy atom. The summed E-state index contributed by atoms with van der Waals surface area (Å²) in [7, 11) is 0. The van der Waals surface area contributed by atoms with Crippen molar-refractivity contribution in [3.8, 4) is 0 Å². The summed E-state index contributed by atoms with van der Waals surface area (Å²) in [6.45, 7) is 2.04. The largest absolute Gasteiger partial charge is 0.465 e. The number of pyridine rings is 1. The van der Waals surface area contributed by atoms with Gasteiger partial charge in [0.2, 0.25) is 5.91 Å². The SMILES string of the molecule is O=C1C[C@H](CCC(=O)N2CC3(CCC(Cc4ccc(C(F)(F)F)cn4)CC3)C2)CO1. The molecule has 1 aromatic rings. The highest BCUT2D eigenvalue weighted by Gasteiger charge is 2.46. The summed E-state index contributed by atoms with van der Waals surface area (Å²) in [5.74, 6) is 0.602. The van der Waals surface area contributed by atoms with Crippen molar-refractivity contribution >= 4 is 11.9 Å². The predicted octanol–water partition coefficient (Wildman–Crippen LogP) is 4.01. The highest BCUT2D eigenvalue weighted by atomic mass is 19.4. The molecule has 4 rings (SSSR count). The van der Waals surface area contributed by atoms with E-state index >= 15 is 0 Å². The van der Waals surface area contributed by atoms with Crippen LogP contribution in [0, 0.1) is 17.3 Å². The maximum atomic E-state index is 12.7. The fourth-order valence-electron chi connectivity index (χ4n) is 4.99. The zero-order valence-electron chi connectivity index (χ0n) is 16.9. The molecule has 8 heteroatoms. The van der Waals surface area contributed by atoms with Gasteiger partial charge in [-0.2, -0.15) is 13.2 Å². The van der Waals surface area contributed by atoms with E-state index in [2.05, 4.69) is 4.98 Å². The third-order valence-corrected chi connectivity index (χ3v) is 6.92. The number of aromatic nitrogens is 1. The normalized spacial score (nSPS) is 24.0. The van der Waals surface area contributed by atoms with Crippen molar-refractivity contribution in [3.05, 3.63) is 29.6 Å². The van der Waals surface area contributed by atoms with Gasteiger partial charge in [-0.3, -0.25) is 14.6 Å². The minimum atomic E-state index is -4.35. The monoisotopic (exact) mass is 424 g/mol. The van der Waals surface area contributed by atoms with Gasteiger partial charge in [0.15, 0.2) is 0 Å². The number of carbonyl (C=O) groups is 2. The number of halogens is 3. The Bertz CT molecular complexity index is 778. The van der Waals surface area contributed by atoms with Gasteiger partial charge in [0.05, 0.1) is 18.6 Å². The average Bonchev–Trinajstić information content (AvgIpc) is 3.10. The maximum Gasteiger partial charge on any atom is 0.417 e. The predicted molar refractivity (Wildman–Crippen MR) is 102 cm³/mol. The van der Waals surface area contributed by atoms with Crippen LogP contribution < -0.4 is 0 Å². The summed E-state index contributed by atoms with van der Waals surface area (Å²) >= 11 is 0. The van der Waals surface area contributed by atoms with E-state index in [1.165, 1.54) is 6.07 Å². The highest BCUT2D eigenvalue weighted by Crippen LogP contribution is 2.46. The van der Waals surface area contributed by atoms with Gasteiger partial charge < -0.3 is 9.64 Å². The van der Waals surface area contributed by atoms with E-state index in [9.17, 15) is 22.8 Å². The molecular formula is C22H27F3N2O3.